The second kappa shape index (κ2) is 6.39. The van der Waals surface area contributed by atoms with Gasteiger partial charge in [-0.1, -0.05) is 0 Å². The Morgan fingerprint density at radius 2 is 2.00 bits per heavy atom. The Hall–Kier alpha value is -1.08. The van der Waals surface area contributed by atoms with Crippen LogP contribution < -0.4 is 11.1 Å². The van der Waals surface area contributed by atoms with Gasteiger partial charge in [0.15, 0.2) is 0 Å². The molecule has 7 heteroatoms. The van der Waals surface area contributed by atoms with E-state index in [1.54, 1.807) is 6.92 Å². The molecule has 0 radical (unpaired) electrons. The number of ether oxygens (including phenoxy) is 1. The summed E-state index contributed by atoms with van der Waals surface area (Å²) in [6.07, 6.45) is 0. The van der Waals surface area contributed by atoms with Gasteiger partial charge in [-0.3, -0.25) is 9.59 Å². The molecule has 0 aliphatic carbocycles. The van der Waals surface area contributed by atoms with E-state index >= 15 is 0 Å². The van der Waals surface area contributed by atoms with Crippen LogP contribution in [0.1, 0.15) is 6.92 Å². The lowest BCUT2D eigenvalue weighted by molar-refractivity contribution is -0.158. The molecule has 0 saturated heterocycles. The molecule has 0 aliphatic heterocycles. The molecule has 0 aromatic heterocycles. The third-order valence-electron chi connectivity index (χ3n) is 1.18. The van der Waals surface area contributed by atoms with E-state index in [0.717, 1.165) is 0 Å². The number of nitrogens with one attached hydrogen (secondary N) is 1. The molecule has 1 unspecified atom stereocenters. The zero-order chi connectivity index (χ0) is 11.1. The molecular weight excluding hydrogens is 208 g/mol. The van der Waals surface area contributed by atoms with Crippen molar-refractivity contribution >= 4 is 30.5 Å². The first-order valence-electron chi connectivity index (χ1n) is 3.86. The second-order valence-corrected chi connectivity index (χ2v) is 3.22. The fourth-order valence-corrected chi connectivity index (χ4v) is 0.603. The minimum absolute atomic E-state index is 0.366. The Morgan fingerprint density at radius 1 is 1.43 bits per heavy atom. The molecule has 0 aromatic rings. The van der Waals surface area contributed by atoms with Gasteiger partial charge in [0.25, 0.3) is 0 Å². The molecule has 0 aliphatic rings. The van der Waals surface area contributed by atoms with E-state index in [0.29, 0.717) is 0 Å². The number of nitrogens with two attached hydrogens (primary N) is 1. The summed E-state index contributed by atoms with van der Waals surface area (Å²) >= 11 is 3.83. The van der Waals surface area contributed by atoms with E-state index in [1.165, 1.54) is 0 Å². The lowest BCUT2D eigenvalue weighted by atomic mass is 10.4. The van der Waals surface area contributed by atoms with Crippen LogP contribution in [0, 0.1) is 0 Å². The molecule has 1 atom stereocenters. The van der Waals surface area contributed by atoms with Crippen LogP contribution in [0.4, 0.5) is 0 Å². The van der Waals surface area contributed by atoms with Crippen molar-refractivity contribution in [3.8, 4) is 0 Å². The second-order valence-electron chi connectivity index (χ2n) is 2.44. The van der Waals surface area contributed by atoms with E-state index in [4.69, 9.17) is 5.73 Å². The fourth-order valence-electron chi connectivity index (χ4n) is 0.512. The number of thiol groups is 1. The van der Waals surface area contributed by atoms with E-state index < -0.39 is 23.1 Å². The minimum atomic E-state index is -0.845. The Balaban J connectivity index is 3.75. The van der Waals surface area contributed by atoms with Crippen LogP contribution in [-0.2, 0) is 19.1 Å². The predicted octanol–water partition coefficient (Wildman–Crippen LogP) is -1.55. The lowest BCUT2D eigenvalue weighted by Crippen LogP contribution is -2.36. The Bertz CT molecular complexity index is 242. The van der Waals surface area contributed by atoms with Crippen molar-refractivity contribution in [2.45, 2.75) is 12.2 Å². The average Bonchev–Trinajstić information content (AvgIpc) is 2.13. The molecule has 0 saturated carbocycles. The van der Waals surface area contributed by atoms with Gasteiger partial charge in [-0.15, -0.1) is 0 Å². The maximum Gasteiger partial charge on any atom is 0.333 e. The van der Waals surface area contributed by atoms with Gasteiger partial charge in [-0.25, -0.2) is 4.79 Å². The summed E-state index contributed by atoms with van der Waals surface area (Å²) in [5.41, 5.74) is 4.90. The first-order valence-corrected chi connectivity index (χ1v) is 4.38. The highest BCUT2D eigenvalue weighted by atomic mass is 32.1. The summed E-state index contributed by atoms with van der Waals surface area (Å²) in [5, 5.41) is 1.71. The topological polar surface area (TPSA) is 98.5 Å². The molecule has 6 nitrogen and oxygen atoms in total. The molecule has 0 spiro atoms. The van der Waals surface area contributed by atoms with Gasteiger partial charge >= 0.3 is 11.9 Å². The van der Waals surface area contributed by atoms with Crippen LogP contribution in [0.15, 0.2) is 0 Å². The summed E-state index contributed by atoms with van der Waals surface area (Å²) in [6.45, 7) is 0.812. The molecule has 0 aromatic carbocycles. The highest BCUT2D eigenvalue weighted by Crippen LogP contribution is 1.90. The fraction of sp³-hybridized carbons (Fsp3) is 0.571. The minimum Gasteiger partial charge on any atom is -0.391 e. The number of hydrogen-bond acceptors (Lipinski definition) is 6. The maximum absolute atomic E-state index is 10.9. The molecule has 14 heavy (non-hydrogen) atoms. The van der Waals surface area contributed by atoms with Gasteiger partial charge < -0.3 is 15.8 Å². The van der Waals surface area contributed by atoms with Crippen molar-refractivity contribution in [1.82, 2.24) is 5.32 Å². The molecule has 1 amide bonds. The highest BCUT2D eigenvalue weighted by Gasteiger charge is 2.12. The number of carbonyl (C=O) groups excluding carboxylic acids is 3. The molecule has 0 heterocycles. The smallest absolute Gasteiger partial charge is 0.333 e. The summed E-state index contributed by atoms with van der Waals surface area (Å²) < 4.78 is 4.19. The number of carbonyl (C=O) groups is 3. The lowest BCUT2D eigenvalue weighted by Gasteiger charge is -2.05. The number of rotatable bonds is 4. The van der Waals surface area contributed by atoms with Gasteiger partial charge in [0.2, 0.25) is 5.91 Å². The SMILES string of the molecule is CC(S)C(=O)NCC(=O)OC(=O)CN. The Kier molecular flexibility index (Phi) is 5.89. The van der Waals surface area contributed by atoms with Crippen molar-refractivity contribution in [2.24, 2.45) is 5.73 Å². The first kappa shape index (κ1) is 12.9. The van der Waals surface area contributed by atoms with Crippen molar-refractivity contribution in [3.63, 3.8) is 0 Å². The van der Waals surface area contributed by atoms with Gasteiger partial charge in [0.1, 0.15) is 6.54 Å². The maximum atomic E-state index is 10.9. The average molecular weight is 220 g/mol. The van der Waals surface area contributed by atoms with Crippen molar-refractivity contribution in [1.29, 1.82) is 0 Å². The quantitative estimate of drug-likeness (QED) is 0.303. The van der Waals surface area contributed by atoms with E-state index in [-0.39, 0.29) is 13.1 Å². The number of esters is 2. The van der Waals surface area contributed by atoms with Crippen LogP contribution in [0.5, 0.6) is 0 Å². The zero-order valence-electron chi connectivity index (χ0n) is 7.65. The molecular formula is C7H12N2O4S. The Labute approximate surface area is 86.6 Å². The molecule has 0 rings (SSSR count). The summed E-state index contributed by atoms with van der Waals surface area (Å²) in [6, 6.07) is 0. The van der Waals surface area contributed by atoms with Crippen molar-refractivity contribution < 1.29 is 19.1 Å². The van der Waals surface area contributed by atoms with E-state index in [2.05, 4.69) is 22.7 Å². The number of hydrogen-bond donors (Lipinski definition) is 3. The standard InChI is InChI=1S/C7H12N2O4S/c1-4(14)7(12)9-3-6(11)13-5(10)2-8/h4,14H,2-3,8H2,1H3,(H,9,12). The van der Waals surface area contributed by atoms with Crippen molar-refractivity contribution in [3.05, 3.63) is 0 Å². The van der Waals surface area contributed by atoms with Gasteiger partial charge in [-0.05, 0) is 6.92 Å². The van der Waals surface area contributed by atoms with Gasteiger partial charge in [-0.2, -0.15) is 12.6 Å². The highest BCUT2D eigenvalue weighted by molar-refractivity contribution is 7.81. The molecule has 0 fully saturated rings. The summed E-state index contributed by atoms with van der Waals surface area (Å²) in [4.78, 5) is 32.2. The van der Waals surface area contributed by atoms with Crippen LogP contribution in [-0.4, -0.2) is 36.2 Å². The third kappa shape index (κ3) is 5.55. The van der Waals surface area contributed by atoms with E-state index in [1.807, 2.05) is 0 Å². The predicted molar refractivity (Wildman–Crippen MR) is 51.6 cm³/mol. The largest absolute Gasteiger partial charge is 0.391 e. The van der Waals surface area contributed by atoms with Crippen molar-refractivity contribution in [2.75, 3.05) is 13.1 Å². The Morgan fingerprint density at radius 3 is 2.43 bits per heavy atom. The van der Waals surface area contributed by atoms with Crippen LogP contribution in [0.2, 0.25) is 0 Å². The van der Waals surface area contributed by atoms with Gasteiger partial charge in [0.05, 0.1) is 11.8 Å². The summed E-state index contributed by atoms with van der Waals surface area (Å²) in [7, 11) is 0. The van der Waals surface area contributed by atoms with Crippen LogP contribution in [0.3, 0.4) is 0 Å². The first-order chi connectivity index (χ1) is 6.47. The van der Waals surface area contributed by atoms with Crippen LogP contribution in [0.25, 0.3) is 0 Å². The summed E-state index contributed by atoms with van der Waals surface area (Å²) in [5.74, 6) is -2.09. The molecule has 80 valence electrons. The normalized spacial score (nSPS) is 11.6. The monoisotopic (exact) mass is 220 g/mol. The zero-order valence-corrected chi connectivity index (χ0v) is 8.54. The van der Waals surface area contributed by atoms with Crippen LogP contribution >= 0.6 is 12.6 Å². The van der Waals surface area contributed by atoms with Gasteiger partial charge in [0, 0.05) is 0 Å². The van der Waals surface area contributed by atoms with E-state index in [9.17, 15) is 14.4 Å². The molecule has 0 bridgehead atoms. The third-order valence-corrected chi connectivity index (χ3v) is 1.42. The number of amides is 1. The molecule has 3 N–H and O–H groups in total.